The summed E-state index contributed by atoms with van der Waals surface area (Å²) in [7, 11) is 1.40. The van der Waals surface area contributed by atoms with Crippen LogP contribution in [0.2, 0.25) is 0 Å². The summed E-state index contributed by atoms with van der Waals surface area (Å²) in [6.07, 6.45) is 4.89. The zero-order valence-electron chi connectivity index (χ0n) is 10.9. The van der Waals surface area contributed by atoms with Crippen molar-refractivity contribution in [3.05, 3.63) is 27.7 Å². The molecule has 0 bridgehead atoms. The lowest BCUT2D eigenvalue weighted by atomic mass is 9.69. The lowest BCUT2D eigenvalue weighted by Crippen LogP contribution is -2.37. The summed E-state index contributed by atoms with van der Waals surface area (Å²) in [6.45, 7) is 0.379. The molecule has 1 aromatic rings. The average Bonchev–Trinajstić information content (AvgIpc) is 2.45. The highest BCUT2D eigenvalue weighted by atomic mass is 79.9. The van der Waals surface area contributed by atoms with Crippen LogP contribution < -0.4 is 10.5 Å². The lowest BCUT2D eigenvalue weighted by molar-refractivity contribution is 0.281. The summed E-state index contributed by atoms with van der Waals surface area (Å²) < 4.78 is 32.9. The molecule has 0 saturated heterocycles. The van der Waals surface area contributed by atoms with Gasteiger partial charge in [-0.15, -0.1) is 0 Å². The summed E-state index contributed by atoms with van der Waals surface area (Å²) in [5, 5.41) is 0. The third-order valence-electron chi connectivity index (χ3n) is 4.09. The van der Waals surface area contributed by atoms with Crippen LogP contribution >= 0.6 is 15.9 Å². The zero-order valence-corrected chi connectivity index (χ0v) is 12.5. The van der Waals surface area contributed by atoms with E-state index in [9.17, 15) is 8.78 Å². The van der Waals surface area contributed by atoms with Crippen LogP contribution in [-0.4, -0.2) is 13.7 Å². The van der Waals surface area contributed by atoms with E-state index in [0.29, 0.717) is 12.1 Å². The number of benzene rings is 1. The highest BCUT2D eigenvalue weighted by molar-refractivity contribution is 9.10. The SMILES string of the molecule is COc1c(C2(CN)CCCCC2)cc(F)c(Br)c1F. The van der Waals surface area contributed by atoms with Gasteiger partial charge in [0.1, 0.15) is 5.82 Å². The third kappa shape index (κ3) is 2.50. The molecule has 1 aliphatic carbocycles. The van der Waals surface area contributed by atoms with Gasteiger partial charge in [-0.1, -0.05) is 19.3 Å². The monoisotopic (exact) mass is 333 g/mol. The molecular weight excluding hydrogens is 316 g/mol. The number of hydrogen-bond donors (Lipinski definition) is 1. The van der Waals surface area contributed by atoms with Crippen LogP contribution in [0.15, 0.2) is 10.5 Å². The van der Waals surface area contributed by atoms with Crippen molar-refractivity contribution in [1.29, 1.82) is 0 Å². The second-order valence-electron chi connectivity index (χ2n) is 5.11. The molecule has 0 aliphatic heterocycles. The lowest BCUT2D eigenvalue weighted by Gasteiger charge is -2.37. The molecule has 0 amide bonds. The molecule has 19 heavy (non-hydrogen) atoms. The standard InChI is InChI=1S/C14H18BrF2NO/c1-19-13-9(7-10(16)11(15)12(13)17)14(8-18)5-3-2-4-6-14/h7H,2-6,8,18H2,1H3. The smallest absolute Gasteiger partial charge is 0.182 e. The van der Waals surface area contributed by atoms with Crippen LogP contribution in [0.25, 0.3) is 0 Å². The van der Waals surface area contributed by atoms with Crippen LogP contribution in [0.1, 0.15) is 37.7 Å². The van der Waals surface area contributed by atoms with E-state index < -0.39 is 11.6 Å². The zero-order chi connectivity index (χ0) is 14.0. The molecular formula is C14H18BrF2NO. The van der Waals surface area contributed by atoms with Crippen LogP contribution in [0.5, 0.6) is 5.75 Å². The van der Waals surface area contributed by atoms with Gasteiger partial charge >= 0.3 is 0 Å². The van der Waals surface area contributed by atoms with E-state index in [4.69, 9.17) is 10.5 Å². The molecule has 1 aromatic carbocycles. The Morgan fingerprint density at radius 3 is 2.47 bits per heavy atom. The van der Waals surface area contributed by atoms with Gasteiger partial charge in [0.05, 0.1) is 11.6 Å². The molecule has 1 fully saturated rings. The predicted molar refractivity (Wildman–Crippen MR) is 74.4 cm³/mol. The minimum atomic E-state index is -0.684. The van der Waals surface area contributed by atoms with E-state index >= 15 is 0 Å². The molecule has 2 rings (SSSR count). The Labute approximate surface area is 120 Å². The molecule has 2 nitrogen and oxygen atoms in total. The van der Waals surface area contributed by atoms with Gasteiger partial charge in [-0.2, -0.15) is 0 Å². The highest BCUT2D eigenvalue weighted by Crippen LogP contribution is 2.45. The predicted octanol–water partition coefficient (Wildman–Crippen LogP) is 3.90. The second-order valence-corrected chi connectivity index (χ2v) is 5.91. The molecule has 0 atom stereocenters. The summed E-state index contributed by atoms with van der Waals surface area (Å²) in [6, 6.07) is 1.37. The molecule has 0 heterocycles. The van der Waals surface area contributed by atoms with Gasteiger partial charge < -0.3 is 10.5 Å². The minimum Gasteiger partial charge on any atom is -0.493 e. The van der Waals surface area contributed by atoms with Crippen LogP contribution in [0, 0.1) is 11.6 Å². The van der Waals surface area contributed by atoms with Gasteiger partial charge in [-0.3, -0.25) is 0 Å². The van der Waals surface area contributed by atoms with E-state index in [2.05, 4.69) is 15.9 Å². The summed E-state index contributed by atoms with van der Waals surface area (Å²) in [5.74, 6) is -1.18. The first kappa shape index (κ1) is 14.7. The summed E-state index contributed by atoms with van der Waals surface area (Å²) in [4.78, 5) is 0. The van der Waals surface area contributed by atoms with Gasteiger partial charge in [0.2, 0.25) is 0 Å². The molecule has 0 spiro atoms. The van der Waals surface area contributed by atoms with E-state index in [1.807, 2.05) is 0 Å². The van der Waals surface area contributed by atoms with Gasteiger partial charge in [0.15, 0.2) is 11.6 Å². The van der Waals surface area contributed by atoms with Gasteiger partial charge in [-0.25, -0.2) is 8.78 Å². The van der Waals surface area contributed by atoms with Crippen molar-refractivity contribution < 1.29 is 13.5 Å². The second kappa shape index (κ2) is 5.75. The number of rotatable bonds is 3. The fourth-order valence-electron chi connectivity index (χ4n) is 2.98. The Balaban J connectivity index is 2.59. The van der Waals surface area contributed by atoms with Crippen molar-refractivity contribution >= 4 is 15.9 Å². The van der Waals surface area contributed by atoms with Gasteiger partial charge in [0.25, 0.3) is 0 Å². The quantitative estimate of drug-likeness (QED) is 0.851. The Hall–Kier alpha value is -0.680. The molecule has 1 aliphatic rings. The van der Waals surface area contributed by atoms with Gasteiger partial charge in [0, 0.05) is 17.5 Å². The number of halogens is 3. The molecule has 5 heteroatoms. The van der Waals surface area contributed by atoms with Crippen molar-refractivity contribution in [2.45, 2.75) is 37.5 Å². The van der Waals surface area contributed by atoms with Crippen molar-refractivity contribution in [3.63, 3.8) is 0 Å². The molecule has 0 aromatic heterocycles. The van der Waals surface area contributed by atoms with Crippen molar-refractivity contribution in [3.8, 4) is 5.75 Å². The molecule has 1 saturated carbocycles. The Kier molecular flexibility index (Phi) is 4.46. The van der Waals surface area contributed by atoms with Crippen LogP contribution in [0.3, 0.4) is 0 Å². The average molecular weight is 334 g/mol. The van der Waals surface area contributed by atoms with E-state index in [1.165, 1.54) is 13.2 Å². The first-order valence-corrected chi connectivity index (χ1v) is 7.27. The summed E-state index contributed by atoms with van der Waals surface area (Å²) >= 11 is 2.91. The number of hydrogen-bond acceptors (Lipinski definition) is 2. The van der Waals surface area contributed by atoms with Crippen molar-refractivity contribution in [1.82, 2.24) is 0 Å². The molecule has 106 valence electrons. The number of nitrogens with two attached hydrogens (primary N) is 1. The van der Waals surface area contributed by atoms with Crippen molar-refractivity contribution in [2.24, 2.45) is 5.73 Å². The molecule has 0 unspecified atom stereocenters. The third-order valence-corrected chi connectivity index (χ3v) is 4.82. The van der Waals surface area contributed by atoms with E-state index in [0.717, 1.165) is 32.1 Å². The Morgan fingerprint density at radius 2 is 1.95 bits per heavy atom. The first-order valence-electron chi connectivity index (χ1n) is 6.48. The van der Waals surface area contributed by atoms with Crippen LogP contribution in [-0.2, 0) is 5.41 Å². The van der Waals surface area contributed by atoms with E-state index in [1.54, 1.807) is 0 Å². The largest absolute Gasteiger partial charge is 0.493 e. The topological polar surface area (TPSA) is 35.2 Å². The van der Waals surface area contributed by atoms with E-state index in [-0.39, 0.29) is 15.6 Å². The Morgan fingerprint density at radius 1 is 1.32 bits per heavy atom. The fourth-order valence-corrected chi connectivity index (χ4v) is 3.28. The summed E-state index contributed by atoms with van der Waals surface area (Å²) in [5.41, 5.74) is 6.12. The first-order chi connectivity index (χ1) is 9.05. The highest BCUT2D eigenvalue weighted by Gasteiger charge is 2.37. The maximum Gasteiger partial charge on any atom is 0.182 e. The maximum absolute atomic E-state index is 14.1. The fraction of sp³-hybridized carbons (Fsp3) is 0.571. The maximum atomic E-state index is 14.1. The number of ether oxygens (including phenoxy) is 1. The Bertz CT molecular complexity index is 473. The normalized spacial score (nSPS) is 18.4. The minimum absolute atomic E-state index is 0.112. The number of methoxy groups -OCH3 is 1. The van der Waals surface area contributed by atoms with Crippen molar-refractivity contribution in [2.75, 3.05) is 13.7 Å². The molecule has 2 N–H and O–H groups in total. The van der Waals surface area contributed by atoms with Gasteiger partial charge in [-0.05, 0) is 34.8 Å². The molecule has 0 radical (unpaired) electrons. The van der Waals surface area contributed by atoms with Crippen LogP contribution in [0.4, 0.5) is 8.78 Å².